The summed E-state index contributed by atoms with van der Waals surface area (Å²) in [6.07, 6.45) is 1.44. The van der Waals surface area contributed by atoms with Gasteiger partial charge < -0.3 is 10.6 Å². The van der Waals surface area contributed by atoms with Crippen LogP contribution in [0, 0.1) is 16.7 Å². The van der Waals surface area contributed by atoms with Crippen LogP contribution in [-0.4, -0.2) is 18.5 Å². The van der Waals surface area contributed by atoms with Gasteiger partial charge in [0.15, 0.2) is 0 Å². The fourth-order valence-corrected chi connectivity index (χ4v) is 1.91. The topological polar surface area (TPSA) is 64.9 Å². The molecule has 1 rings (SSSR count). The molecule has 0 fully saturated rings. The lowest BCUT2D eigenvalue weighted by Gasteiger charge is -2.24. The van der Waals surface area contributed by atoms with Crippen LogP contribution in [0.4, 0.5) is 5.69 Å². The minimum Gasteiger partial charge on any atom is -0.385 e. The number of rotatable bonds is 7. The summed E-state index contributed by atoms with van der Waals surface area (Å²) in [6.45, 7) is 8.96. The number of hydrogen-bond donors (Lipinski definition) is 2. The molecule has 1 aromatic carbocycles. The van der Waals surface area contributed by atoms with Gasteiger partial charge in [-0.1, -0.05) is 13.8 Å². The zero-order chi connectivity index (χ0) is 15.9. The van der Waals surface area contributed by atoms with Crippen molar-refractivity contribution in [2.75, 3.05) is 11.9 Å². The van der Waals surface area contributed by atoms with Crippen molar-refractivity contribution in [3.05, 3.63) is 29.8 Å². The summed E-state index contributed by atoms with van der Waals surface area (Å²) in [4.78, 5) is 11.8. The Morgan fingerprint density at radius 3 is 2.43 bits per heavy atom. The van der Waals surface area contributed by atoms with E-state index in [9.17, 15) is 4.79 Å². The van der Waals surface area contributed by atoms with Crippen molar-refractivity contribution in [1.82, 2.24) is 5.32 Å². The predicted molar refractivity (Wildman–Crippen MR) is 86.2 cm³/mol. The summed E-state index contributed by atoms with van der Waals surface area (Å²) in [5.74, 6) is -0.0501. The lowest BCUT2D eigenvalue weighted by Crippen LogP contribution is -2.30. The van der Waals surface area contributed by atoms with Gasteiger partial charge in [0.25, 0.3) is 5.91 Å². The quantitative estimate of drug-likeness (QED) is 0.805. The van der Waals surface area contributed by atoms with Gasteiger partial charge in [0.1, 0.15) is 0 Å². The summed E-state index contributed by atoms with van der Waals surface area (Å²) in [5, 5.41) is 14.9. The van der Waals surface area contributed by atoms with E-state index in [0.717, 1.165) is 18.7 Å². The fraction of sp³-hybridized carbons (Fsp3) is 0.529. The molecule has 0 saturated carbocycles. The maximum absolute atomic E-state index is 11.8. The monoisotopic (exact) mass is 287 g/mol. The molecule has 114 valence electrons. The summed E-state index contributed by atoms with van der Waals surface area (Å²) in [6, 6.07) is 9.79. The molecule has 0 atom stereocenters. The minimum atomic E-state index is -0.0501. The molecular weight excluding hydrogens is 262 g/mol. The lowest BCUT2D eigenvalue weighted by molar-refractivity contribution is 0.0943. The number of nitrogens with one attached hydrogen (secondary N) is 2. The first-order valence-electron chi connectivity index (χ1n) is 7.36. The highest BCUT2D eigenvalue weighted by atomic mass is 16.1. The molecule has 21 heavy (non-hydrogen) atoms. The summed E-state index contributed by atoms with van der Waals surface area (Å²) < 4.78 is 0. The molecule has 1 amide bonds. The van der Waals surface area contributed by atoms with Crippen molar-refractivity contribution in [2.24, 2.45) is 5.41 Å². The van der Waals surface area contributed by atoms with Crippen LogP contribution in [-0.2, 0) is 0 Å². The standard InChI is InChI=1S/C17H25N3O/c1-13(2)20-16(21)14-6-8-15(9-7-14)19-12-17(3,4)10-5-11-18/h6-9,13,19H,5,10,12H2,1-4H3,(H,20,21). The Morgan fingerprint density at radius 2 is 1.90 bits per heavy atom. The average Bonchev–Trinajstić information content (AvgIpc) is 2.43. The molecule has 0 saturated heterocycles. The number of benzene rings is 1. The number of anilines is 1. The molecule has 0 aliphatic heterocycles. The van der Waals surface area contributed by atoms with E-state index in [2.05, 4.69) is 30.6 Å². The number of nitriles is 1. The van der Waals surface area contributed by atoms with Gasteiger partial charge >= 0.3 is 0 Å². The number of nitrogens with zero attached hydrogens (tertiary/aromatic N) is 1. The van der Waals surface area contributed by atoms with E-state index in [1.165, 1.54) is 0 Å². The van der Waals surface area contributed by atoms with E-state index in [0.29, 0.717) is 12.0 Å². The van der Waals surface area contributed by atoms with Crippen LogP contribution in [0.3, 0.4) is 0 Å². The largest absolute Gasteiger partial charge is 0.385 e. The van der Waals surface area contributed by atoms with Gasteiger partial charge in [-0.3, -0.25) is 4.79 Å². The van der Waals surface area contributed by atoms with E-state index in [1.54, 1.807) is 0 Å². The molecule has 2 N–H and O–H groups in total. The van der Waals surface area contributed by atoms with Crippen molar-refractivity contribution in [1.29, 1.82) is 5.26 Å². The van der Waals surface area contributed by atoms with Gasteiger partial charge in [0, 0.05) is 30.3 Å². The molecular formula is C17H25N3O. The molecule has 0 aliphatic rings. The second-order valence-electron chi connectivity index (χ2n) is 6.38. The Bertz CT molecular complexity index is 498. The maximum atomic E-state index is 11.8. The van der Waals surface area contributed by atoms with Crippen LogP contribution >= 0.6 is 0 Å². The molecule has 0 spiro atoms. The summed E-state index contributed by atoms with van der Waals surface area (Å²) in [5.41, 5.74) is 1.72. The highest BCUT2D eigenvalue weighted by Crippen LogP contribution is 2.23. The van der Waals surface area contributed by atoms with E-state index < -0.39 is 0 Å². The van der Waals surface area contributed by atoms with Crippen LogP contribution < -0.4 is 10.6 Å². The van der Waals surface area contributed by atoms with Crippen LogP contribution in [0.25, 0.3) is 0 Å². The van der Waals surface area contributed by atoms with Gasteiger partial charge in [-0.15, -0.1) is 0 Å². The normalized spacial score (nSPS) is 11.0. The van der Waals surface area contributed by atoms with E-state index in [4.69, 9.17) is 5.26 Å². The summed E-state index contributed by atoms with van der Waals surface area (Å²) in [7, 11) is 0. The first-order chi connectivity index (χ1) is 9.84. The van der Waals surface area contributed by atoms with Crippen molar-refractivity contribution >= 4 is 11.6 Å². The SMILES string of the molecule is CC(C)NC(=O)c1ccc(NCC(C)(C)CCC#N)cc1. The molecule has 0 radical (unpaired) electrons. The number of carbonyl (C=O) groups excluding carboxylic acids is 1. The Labute approximate surface area is 127 Å². The van der Waals surface area contributed by atoms with E-state index in [-0.39, 0.29) is 17.4 Å². The van der Waals surface area contributed by atoms with Gasteiger partial charge in [-0.25, -0.2) is 0 Å². The molecule has 0 bridgehead atoms. The fourth-order valence-electron chi connectivity index (χ4n) is 1.91. The molecule has 0 aliphatic carbocycles. The van der Waals surface area contributed by atoms with Crippen LogP contribution in [0.15, 0.2) is 24.3 Å². The van der Waals surface area contributed by atoms with Crippen molar-refractivity contribution in [2.45, 2.75) is 46.6 Å². The Kier molecular flexibility index (Phi) is 6.23. The Hall–Kier alpha value is -2.02. The number of amides is 1. The van der Waals surface area contributed by atoms with Crippen LogP contribution in [0.5, 0.6) is 0 Å². The smallest absolute Gasteiger partial charge is 0.251 e. The number of carbonyl (C=O) groups is 1. The van der Waals surface area contributed by atoms with E-state index in [1.807, 2.05) is 38.1 Å². The van der Waals surface area contributed by atoms with Gasteiger partial charge in [-0.05, 0) is 49.9 Å². The second kappa shape index (κ2) is 7.68. The third-order valence-electron chi connectivity index (χ3n) is 3.25. The first-order valence-corrected chi connectivity index (χ1v) is 7.36. The van der Waals surface area contributed by atoms with Crippen LogP contribution in [0.1, 0.15) is 50.9 Å². The molecule has 4 nitrogen and oxygen atoms in total. The average molecular weight is 287 g/mol. The molecule has 0 aromatic heterocycles. The molecule has 0 unspecified atom stereocenters. The maximum Gasteiger partial charge on any atom is 0.251 e. The highest BCUT2D eigenvalue weighted by Gasteiger charge is 2.17. The Morgan fingerprint density at radius 1 is 1.29 bits per heavy atom. The molecule has 1 aromatic rings. The molecule has 4 heteroatoms. The molecule has 0 heterocycles. The zero-order valence-corrected chi connectivity index (χ0v) is 13.4. The first kappa shape index (κ1) is 17.0. The van der Waals surface area contributed by atoms with Crippen molar-refractivity contribution in [3.8, 4) is 6.07 Å². The van der Waals surface area contributed by atoms with Crippen molar-refractivity contribution in [3.63, 3.8) is 0 Å². The van der Waals surface area contributed by atoms with Crippen LogP contribution in [0.2, 0.25) is 0 Å². The Balaban J connectivity index is 2.55. The highest BCUT2D eigenvalue weighted by molar-refractivity contribution is 5.94. The third-order valence-corrected chi connectivity index (χ3v) is 3.25. The third kappa shape index (κ3) is 6.31. The number of hydrogen-bond acceptors (Lipinski definition) is 3. The minimum absolute atomic E-state index is 0.0501. The van der Waals surface area contributed by atoms with E-state index >= 15 is 0 Å². The van der Waals surface area contributed by atoms with Gasteiger partial charge in [0.05, 0.1) is 6.07 Å². The van der Waals surface area contributed by atoms with Gasteiger partial charge in [0.2, 0.25) is 0 Å². The zero-order valence-electron chi connectivity index (χ0n) is 13.4. The predicted octanol–water partition coefficient (Wildman–Crippen LogP) is 3.57. The van der Waals surface area contributed by atoms with Gasteiger partial charge in [-0.2, -0.15) is 5.26 Å². The second-order valence-corrected chi connectivity index (χ2v) is 6.38. The van der Waals surface area contributed by atoms with Crippen molar-refractivity contribution < 1.29 is 4.79 Å². The lowest BCUT2D eigenvalue weighted by atomic mass is 9.88. The summed E-state index contributed by atoms with van der Waals surface area (Å²) >= 11 is 0.